The van der Waals surface area contributed by atoms with Gasteiger partial charge < -0.3 is 0 Å². The summed E-state index contributed by atoms with van der Waals surface area (Å²) in [6.07, 6.45) is 0. The Morgan fingerprint density at radius 1 is 0.471 bits per heavy atom. The first-order valence-electron chi connectivity index (χ1n) is 9.96. The average Bonchev–Trinajstić information content (AvgIpc) is 3.23. The van der Waals surface area contributed by atoms with Crippen molar-refractivity contribution in [2.75, 3.05) is 0 Å². The summed E-state index contributed by atoms with van der Waals surface area (Å²) in [5, 5.41) is -0.114. The van der Waals surface area contributed by atoms with Crippen molar-refractivity contribution in [2.45, 2.75) is 13.1 Å². The summed E-state index contributed by atoms with van der Waals surface area (Å²) >= 11 is 26.0. The minimum absolute atomic E-state index is 0.0285. The Labute approximate surface area is 213 Å². The summed E-state index contributed by atoms with van der Waals surface area (Å²) in [4.78, 5) is 53.0. The molecule has 2 aliphatic rings. The third-order valence-corrected chi connectivity index (χ3v) is 7.70. The van der Waals surface area contributed by atoms with Gasteiger partial charge in [0.25, 0.3) is 23.6 Å². The maximum absolute atomic E-state index is 12.8. The quantitative estimate of drug-likeness (QED) is 0.309. The number of benzene rings is 3. The van der Waals surface area contributed by atoms with Gasteiger partial charge in [0.1, 0.15) is 0 Å². The second-order valence-corrected chi connectivity index (χ2v) is 9.21. The van der Waals surface area contributed by atoms with Crippen molar-refractivity contribution in [2.24, 2.45) is 0 Å². The zero-order valence-corrected chi connectivity index (χ0v) is 20.1. The molecule has 0 saturated carbocycles. The molecule has 0 bridgehead atoms. The van der Waals surface area contributed by atoms with Crippen LogP contribution in [0.2, 0.25) is 20.1 Å². The molecule has 170 valence electrons. The lowest BCUT2D eigenvalue weighted by molar-refractivity contribution is 0.0626. The normalized spacial score (nSPS) is 14.8. The van der Waals surface area contributed by atoms with Crippen LogP contribution in [0.15, 0.2) is 48.5 Å². The number of halogens is 4. The first-order chi connectivity index (χ1) is 16.2. The summed E-state index contributed by atoms with van der Waals surface area (Å²) in [5.41, 5.74) is 1.47. The number of hydrogen-bond acceptors (Lipinski definition) is 4. The Morgan fingerprint density at radius 3 is 0.941 bits per heavy atom. The molecule has 0 aliphatic carbocycles. The summed E-state index contributed by atoms with van der Waals surface area (Å²) in [6, 6.07) is 12.9. The lowest BCUT2D eigenvalue weighted by Crippen LogP contribution is -2.30. The van der Waals surface area contributed by atoms with Gasteiger partial charge in [0.05, 0.1) is 55.4 Å². The molecule has 0 saturated heterocycles. The van der Waals surface area contributed by atoms with Crippen LogP contribution in [0.1, 0.15) is 52.6 Å². The summed E-state index contributed by atoms with van der Waals surface area (Å²) in [7, 11) is 0. The van der Waals surface area contributed by atoms with Gasteiger partial charge in [-0.1, -0.05) is 70.7 Å². The molecule has 0 fully saturated rings. The number of nitrogens with zero attached hydrogens (tertiary/aromatic N) is 2. The van der Waals surface area contributed by atoms with Gasteiger partial charge >= 0.3 is 0 Å². The van der Waals surface area contributed by atoms with E-state index in [0.29, 0.717) is 0 Å². The molecule has 0 unspecified atom stereocenters. The molecule has 4 amide bonds. The zero-order chi connectivity index (χ0) is 24.3. The van der Waals surface area contributed by atoms with Gasteiger partial charge in [-0.25, -0.2) is 0 Å². The third kappa shape index (κ3) is 3.33. The predicted molar refractivity (Wildman–Crippen MR) is 128 cm³/mol. The minimum atomic E-state index is -0.491. The molecule has 2 aliphatic heterocycles. The van der Waals surface area contributed by atoms with Crippen molar-refractivity contribution in [3.8, 4) is 0 Å². The Kier molecular flexibility index (Phi) is 5.65. The van der Waals surface area contributed by atoms with Crippen molar-refractivity contribution in [3.05, 3.63) is 102 Å². The summed E-state index contributed by atoms with van der Waals surface area (Å²) in [5.74, 6) is -1.96. The summed E-state index contributed by atoms with van der Waals surface area (Å²) in [6.45, 7) is -0.506. The van der Waals surface area contributed by atoms with Crippen molar-refractivity contribution in [1.29, 1.82) is 0 Å². The number of carbonyl (C=O) groups is 4. The van der Waals surface area contributed by atoms with Gasteiger partial charge in [-0.3, -0.25) is 29.0 Å². The largest absolute Gasteiger partial charge is 0.270 e. The Bertz CT molecular complexity index is 1250. The Hall–Kier alpha value is -2.90. The van der Waals surface area contributed by atoms with Gasteiger partial charge in [0.15, 0.2) is 0 Å². The topological polar surface area (TPSA) is 74.8 Å². The lowest BCUT2D eigenvalue weighted by Gasteiger charge is -2.21. The maximum atomic E-state index is 12.8. The summed E-state index contributed by atoms with van der Waals surface area (Å²) < 4.78 is 0. The smallest absolute Gasteiger partial charge is 0.261 e. The number of amides is 4. The zero-order valence-electron chi connectivity index (χ0n) is 17.1. The minimum Gasteiger partial charge on any atom is -0.270 e. The number of rotatable bonds is 4. The highest BCUT2D eigenvalue weighted by Gasteiger charge is 2.38. The number of hydrogen-bond donors (Lipinski definition) is 0. The molecular weight excluding hydrogens is 522 g/mol. The van der Waals surface area contributed by atoms with E-state index in [1.54, 1.807) is 48.5 Å². The van der Waals surface area contributed by atoms with Crippen molar-refractivity contribution >= 4 is 70.0 Å². The first kappa shape index (κ1) is 22.9. The third-order valence-electron chi connectivity index (χ3n) is 5.83. The highest BCUT2D eigenvalue weighted by atomic mass is 35.5. The highest BCUT2D eigenvalue weighted by Crippen LogP contribution is 2.43. The maximum Gasteiger partial charge on any atom is 0.261 e. The van der Waals surface area contributed by atoms with Crippen LogP contribution in [-0.4, -0.2) is 33.4 Å². The van der Waals surface area contributed by atoms with Crippen LogP contribution in [0.5, 0.6) is 0 Å². The van der Waals surface area contributed by atoms with Gasteiger partial charge in [0.2, 0.25) is 0 Å². The Balaban J connectivity index is 1.49. The number of fused-ring (bicyclic) bond motifs is 2. The number of imide groups is 2. The standard InChI is InChI=1S/C24H12Cl4N2O4/c25-17-15(9-29-21(31)11-5-1-2-6-12(11)22(29)32)18(26)20(28)16(19(17)27)10-30-23(33)13-7-3-4-8-14(13)24(30)34/h1-8H,9-10H2. The van der Waals surface area contributed by atoms with Crippen LogP contribution >= 0.6 is 46.4 Å². The van der Waals surface area contributed by atoms with Crippen LogP contribution in [-0.2, 0) is 13.1 Å². The molecule has 3 aromatic rings. The SMILES string of the molecule is O=C1c2ccccc2C(=O)N1Cc1c(Cl)c(Cl)c(CN2C(=O)c3ccccc3C2=O)c(Cl)c1Cl. The molecule has 3 aromatic carbocycles. The molecule has 0 spiro atoms. The fourth-order valence-electron chi connectivity index (χ4n) is 4.08. The lowest BCUT2D eigenvalue weighted by atomic mass is 10.1. The van der Waals surface area contributed by atoms with Gasteiger partial charge in [-0.05, 0) is 24.3 Å². The number of carbonyl (C=O) groups excluding carboxylic acids is 4. The molecule has 5 rings (SSSR count). The van der Waals surface area contributed by atoms with Crippen LogP contribution in [0.3, 0.4) is 0 Å². The second-order valence-electron chi connectivity index (χ2n) is 7.70. The monoisotopic (exact) mass is 532 g/mol. The van der Waals surface area contributed by atoms with E-state index < -0.39 is 23.6 Å². The van der Waals surface area contributed by atoms with E-state index in [-0.39, 0.29) is 66.6 Å². The molecule has 0 N–H and O–H groups in total. The van der Waals surface area contributed by atoms with Gasteiger partial charge in [0, 0.05) is 11.1 Å². The van der Waals surface area contributed by atoms with Gasteiger partial charge in [-0.15, -0.1) is 0 Å². The molecule has 34 heavy (non-hydrogen) atoms. The highest BCUT2D eigenvalue weighted by molar-refractivity contribution is 6.49. The van der Waals surface area contributed by atoms with E-state index in [1.807, 2.05) is 0 Å². The molecule has 2 heterocycles. The average molecular weight is 534 g/mol. The Morgan fingerprint density at radius 2 is 0.706 bits per heavy atom. The molecule has 10 heteroatoms. The predicted octanol–water partition coefficient (Wildman–Crippen LogP) is 5.89. The van der Waals surface area contributed by atoms with E-state index in [9.17, 15) is 19.2 Å². The van der Waals surface area contributed by atoms with Gasteiger partial charge in [-0.2, -0.15) is 0 Å². The van der Waals surface area contributed by atoms with Crippen molar-refractivity contribution < 1.29 is 19.2 Å². The van der Waals surface area contributed by atoms with Crippen molar-refractivity contribution in [1.82, 2.24) is 9.80 Å². The van der Waals surface area contributed by atoms with E-state index in [4.69, 9.17) is 46.4 Å². The first-order valence-corrected chi connectivity index (χ1v) is 11.5. The van der Waals surface area contributed by atoms with E-state index in [1.165, 1.54) is 0 Å². The molecule has 6 nitrogen and oxygen atoms in total. The van der Waals surface area contributed by atoms with Crippen LogP contribution in [0, 0.1) is 0 Å². The fourth-order valence-corrected chi connectivity index (χ4v) is 5.25. The fraction of sp³-hybridized carbons (Fsp3) is 0.0833. The van der Waals surface area contributed by atoms with E-state index in [2.05, 4.69) is 0 Å². The van der Waals surface area contributed by atoms with E-state index in [0.717, 1.165) is 9.80 Å². The van der Waals surface area contributed by atoms with Crippen LogP contribution in [0.25, 0.3) is 0 Å². The van der Waals surface area contributed by atoms with Crippen LogP contribution in [0.4, 0.5) is 0 Å². The van der Waals surface area contributed by atoms with Crippen LogP contribution < -0.4 is 0 Å². The van der Waals surface area contributed by atoms with Crippen molar-refractivity contribution in [3.63, 3.8) is 0 Å². The molecular formula is C24H12Cl4N2O4. The second kappa shape index (κ2) is 8.40. The molecule has 0 aromatic heterocycles. The van der Waals surface area contributed by atoms with E-state index >= 15 is 0 Å². The molecule has 0 atom stereocenters. The molecule has 0 radical (unpaired) electrons.